The van der Waals surface area contributed by atoms with Crippen molar-refractivity contribution in [2.75, 3.05) is 27.3 Å². The first kappa shape index (κ1) is 22.6. The topological polar surface area (TPSA) is 68.6 Å². The van der Waals surface area contributed by atoms with Crippen molar-refractivity contribution >= 4 is 17.6 Å². The van der Waals surface area contributed by atoms with Gasteiger partial charge in [-0.3, -0.25) is 4.99 Å². The lowest BCUT2D eigenvalue weighted by molar-refractivity contribution is 0.195. The van der Waals surface area contributed by atoms with E-state index in [1.54, 1.807) is 25.5 Å². The zero-order chi connectivity index (χ0) is 22.5. The Kier molecular flexibility index (Phi) is 7.29. The summed E-state index contributed by atoms with van der Waals surface area (Å²) < 4.78 is 11.1. The van der Waals surface area contributed by atoms with Crippen molar-refractivity contribution in [1.29, 1.82) is 0 Å². The van der Waals surface area contributed by atoms with Crippen molar-refractivity contribution in [2.24, 2.45) is 4.99 Å². The van der Waals surface area contributed by atoms with Crippen LogP contribution in [0.2, 0.25) is 0 Å². The van der Waals surface area contributed by atoms with E-state index in [0.717, 1.165) is 52.9 Å². The molecule has 0 saturated heterocycles. The summed E-state index contributed by atoms with van der Waals surface area (Å²) in [7, 11) is 3.50. The van der Waals surface area contributed by atoms with Gasteiger partial charge in [-0.1, -0.05) is 29.5 Å². The van der Waals surface area contributed by atoms with Crippen molar-refractivity contribution in [1.82, 2.24) is 15.5 Å². The molecule has 1 aliphatic carbocycles. The quantitative estimate of drug-likeness (QED) is 0.370. The molecule has 0 spiro atoms. The van der Waals surface area contributed by atoms with E-state index < -0.39 is 0 Å². The highest BCUT2D eigenvalue weighted by molar-refractivity contribution is 7.17. The predicted octanol–water partition coefficient (Wildman–Crippen LogP) is 4.93. The Morgan fingerprint density at radius 2 is 2.06 bits per heavy atom. The van der Waals surface area contributed by atoms with Gasteiger partial charge in [0.1, 0.15) is 15.8 Å². The second-order valence-corrected chi connectivity index (χ2v) is 9.11. The predicted molar refractivity (Wildman–Crippen MR) is 131 cm³/mol. The fourth-order valence-electron chi connectivity index (χ4n) is 4.13. The Bertz CT molecular complexity index is 1090. The number of hydrogen-bond acceptors (Lipinski definition) is 7. The van der Waals surface area contributed by atoms with Crippen LogP contribution in [0, 0.1) is 0 Å². The zero-order valence-electron chi connectivity index (χ0n) is 19.1. The number of rotatable bonds is 9. The average molecular weight is 451 g/mol. The molecular formula is C25H30N4O2S. The molecule has 0 fully saturated rings. The van der Waals surface area contributed by atoms with Gasteiger partial charge in [0.05, 0.1) is 12.7 Å². The molecule has 3 aromatic rings. The lowest BCUT2D eigenvalue weighted by atomic mass is 10.0. The number of aromatic nitrogens is 2. The number of nitrogens with zero attached hydrogens (tertiary/aromatic N) is 3. The van der Waals surface area contributed by atoms with Gasteiger partial charge in [0, 0.05) is 49.6 Å². The van der Waals surface area contributed by atoms with Crippen LogP contribution in [0.3, 0.4) is 0 Å². The molecule has 4 rings (SSSR count). The minimum atomic E-state index is 0.103. The van der Waals surface area contributed by atoms with Crippen LogP contribution in [0.15, 0.2) is 41.4 Å². The Hall–Kier alpha value is -2.61. The molecule has 168 valence electrons. The Morgan fingerprint density at radius 1 is 1.22 bits per heavy atom. The molecule has 1 heterocycles. The number of ether oxygens (including phenoxy) is 2. The van der Waals surface area contributed by atoms with E-state index in [1.807, 2.05) is 32.2 Å². The molecule has 7 heteroatoms. The van der Waals surface area contributed by atoms with E-state index >= 15 is 0 Å². The van der Waals surface area contributed by atoms with Gasteiger partial charge in [-0.2, -0.15) is 0 Å². The molecule has 1 aliphatic rings. The number of methoxy groups -OCH3 is 1. The van der Waals surface area contributed by atoms with E-state index in [1.165, 1.54) is 16.7 Å². The van der Waals surface area contributed by atoms with Crippen molar-refractivity contribution in [2.45, 2.75) is 38.8 Å². The summed E-state index contributed by atoms with van der Waals surface area (Å²) in [4.78, 5) is 4.18. The first-order valence-electron chi connectivity index (χ1n) is 11.0. The van der Waals surface area contributed by atoms with E-state index in [9.17, 15) is 0 Å². The number of aliphatic imine (C=N–C) groups is 1. The van der Waals surface area contributed by atoms with Gasteiger partial charge in [0.25, 0.3) is 0 Å². The van der Waals surface area contributed by atoms with Gasteiger partial charge in [0.2, 0.25) is 0 Å². The number of hydrogen-bond donors (Lipinski definition) is 1. The van der Waals surface area contributed by atoms with E-state index in [-0.39, 0.29) is 6.10 Å². The minimum absolute atomic E-state index is 0.103. The Balaban J connectivity index is 1.61. The standard InChI is InChI=1S/C25H30N4O2S/c1-16(2)31-23-11-8-17(14-18(23)15-26-3)24-28-29-25(32-24)21-7-5-6-20-19(21)9-10-22(20)27-12-13-30-4/h5-8,11,14-16,22,27H,9-10,12-13H2,1-4H3. The summed E-state index contributed by atoms with van der Waals surface area (Å²) in [5.74, 6) is 0.826. The SMILES string of the molecule is CN=Cc1cc(-c2nnc(-c3cccc4c3CCC4NCCOC)s2)ccc1OC(C)C. The second kappa shape index (κ2) is 10.3. The molecule has 2 aromatic carbocycles. The molecule has 1 unspecified atom stereocenters. The fraction of sp³-hybridized carbons (Fsp3) is 0.400. The summed E-state index contributed by atoms with van der Waals surface area (Å²) in [5, 5.41) is 14.5. The lowest BCUT2D eigenvalue weighted by Crippen LogP contribution is -2.23. The maximum atomic E-state index is 5.92. The highest BCUT2D eigenvalue weighted by Gasteiger charge is 2.25. The third kappa shape index (κ3) is 4.90. The molecule has 0 amide bonds. The van der Waals surface area contributed by atoms with Gasteiger partial charge in [-0.15, -0.1) is 10.2 Å². The monoisotopic (exact) mass is 450 g/mol. The van der Waals surface area contributed by atoms with E-state index in [2.05, 4.69) is 44.8 Å². The third-order valence-corrected chi connectivity index (χ3v) is 6.52. The first-order chi connectivity index (χ1) is 15.6. The van der Waals surface area contributed by atoms with Gasteiger partial charge >= 0.3 is 0 Å². The normalized spacial score (nSPS) is 15.6. The summed E-state index contributed by atoms with van der Waals surface area (Å²) in [6.45, 7) is 5.62. The third-order valence-electron chi connectivity index (χ3n) is 5.51. The highest BCUT2D eigenvalue weighted by Crippen LogP contribution is 2.40. The lowest BCUT2D eigenvalue weighted by Gasteiger charge is -2.14. The van der Waals surface area contributed by atoms with Crippen LogP contribution in [0.1, 0.15) is 43.0 Å². The Labute approximate surface area is 193 Å². The number of benzene rings is 2. The van der Waals surface area contributed by atoms with E-state index in [0.29, 0.717) is 6.04 Å². The van der Waals surface area contributed by atoms with Crippen LogP contribution >= 0.6 is 11.3 Å². The molecule has 32 heavy (non-hydrogen) atoms. The van der Waals surface area contributed by atoms with Gasteiger partial charge < -0.3 is 14.8 Å². The van der Waals surface area contributed by atoms with Crippen LogP contribution in [-0.4, -0.2) is 49.8 Å². The van der Waals surface area contributed by atoms with Gasteiger partial charge in [-0.25, -0.2) is 0 Å². The van der Waals surface area contributed by atoms with E-state index in [4.69, 9.17) is 9.47 Å². The molecule has 0 aliphatic heterocycles. The van der Waals surface area contributed by atoms with Crippen molar-refractivity contribution < 1.29 is 9.47 Å². The molecule has 1 atom stereocenters. The van der Waals surface area contributed by atoms with Crippen LogP contribution in [0.25, 0.3) is 21.1 Å². The summed E-state index contributed by atoms with van der Waals surface area (Å²) in [5.41, 5.74) is 5.90. The molecule has 0 radical (unpaired) electrons. The van der Waals surface area contributed by atoms with Gasteiger partial charge in [0.15, 0.2) is 0 Å². The van der Waals surface area contributed by atoms with Crippen LogP contribution in [-0.2, 0) is 11.2 Å². The molecule has 0 saturated carbocycles. The molecule has 1 aromatic heterocycles. The Morgan fingerprint density at radius 3 is 2.84 bits per heavy atom. The van der Waals surface area contributed by atoms with Crippen LogP contribution < -0.4 is 10.1 Å². The second-order valence-electron chi connectivity index (χ2n) is 8.13. The van der Waals surface area contributed by atoms with Crippen molar-refractivity contribution in [3.63, 3.8) is 0 Å². The highest BCUT2D eigenvalue weighted by atomic mass is 32.1. The fourth-order valence-corrected chi connectivity index (χ4v) is 5.03. The molecule has 6 nitrogen and oxygen atoms in total. The molecular weight excluding hydrogens is 420 g/mol. The first-order valence-corrected chi connectivity index (χ1v) is 11.8. The number of nitrogens with one attached hydrogen (secondary N) is 1. The van der Waals surface area contributed by atoms with Crippen LogP contribution in [0.4, 0.5) is 0 Å². The van der Waals surface area contributed by atoms with Crippen LogP contribution in [0.5, 0.6) is 5.75 Å². The summed E-state index contributed by atoms with van der Waals surface area (Å²) in [6, 6.07) is 13.0. The van der Waals surface area contributed by atoms with Gasteiger partial charge in [-0.05, 0) is 56.0 Å². The number of fused-ring (bicyclic) bond motifs is 1. The summed E-state index contributed by atoms with van der Waals surface area (Å²) in [6.07, 6.45) is 4.07. The largest absolute Gasteiger partial charge is 0.490 e. The summed E-state index contributed by atoms with van der Waals surface area (Å²) >= 11 is 1.63. The van der Waals surface area contributed by atoms with Crippen molar-refractivity contribution in [3.05, 3.63) is 53.1 Å². The smallest absolute Gasteiger partial charge is 0.148 e. The average Bonchev–Trinajstić information content (AvgIpc) is 3.43. The van der Waals surface area contributed by atoms with Crippen molar-refractivity contribution in [3.8, 4) is 26.9 Å². The molecule has 1 N–H and O–H groups in total. The zero-order valence-corrected chi connectivity index (χ0v) is 19.9. The maximum Gasteiger partial charge on any atom is 0.148 e. The minimum Gasteiger partial charge on any atom is -0.490 e. The maximum absolute atomic E-state index is 5.92. The molecule has 0 bridgehead atoms.